The van der Waals surface area contributed by atoms with Gasteiger partial charge in [0.1, 0.15) is 21.0 Å². The minimum absolute atomic E-state index is 0.424. The van der Waals surface area contributed by atoms with E-state index >= 15 is 0 Å². The van der Waals surface area contributed by atoms with Crippen LogP contribution in [-0.2, 0) is 5.16 Å². The van der Waals surface area contributed by atoms with E-state index < -0.39 is 5.16 Å². The molecule has 1 heterocycles. The fourth-order valence-corrected chi connectivity index (χ4v) is 5.56. The average molecular weight is 455 g/mol. The Morgan fingerprint density at radius 2 is 1.39 bits per heavy atom. The highest BCUT2D eigenvalue weighted by Gasteiger charge is 2.38. The molecule has 0 aliphatic carbocycles. The number of nitrogens with zero attached hydrogens (tertiary/aromatic N) is 2. The molecule has 5 heteroatoms. The summed E-state index contributed by atoms with van der Waals surface area (Å²) in [7, 11) is 0.424. The van der Waals surface area contributed by atoms with Gasteiger partial charge < -0.3 is 14.0 Å². The van der Waals surface area contributed by atoms with Gasteiger partial charge in [0.05, 0.1) is 24.7 Å². The predicted octanol–water partition coefficient (Wildman–Crippen LogP) is 5.24. The second-order valence-electron chi connectivity index (χ2n) is 7.92. The van der Waals surface area contributed by atoms with Crippen LogP contribution in [0, 0.1) is 0 Å². The van der Waals surface area contributed by atoms with Crippen molar-refractivity contribution in [2.24, 2.45) is 0 Å². The van der Waals surface area contributed by atoms with E-state index in [0.717, 1.165) is 35.5 Å². The van der Waals surface area contributed by atoms with E-state index in [0.29, 0.717) is 22.7 Å². The van der Waals surface area contributed by atoms with Crippen molar-refractivity contribution in [1.29, 1.82) is 0 Å². The number of ether oxygens (including phenoxy) is 2. The maximum atomic E-state index is 6.02. The van der Waals surface area contributed by atoms with Crippen LogP contribution in [-0.4, -0.2) is 32.3 Å². The number of aromatic nitrogens is 2. The Morgan fingerprint density at radius 3 is 1.91 bits per heavy atom. The van der Waals surface area contributed by atoms with Gasteiger partial charge in [0.15, 0.2) is 0 Å². The van der Waals surface area contributed by atoms with E-state index in [2.05, 4.69) is 96.3 Å². The quantitative estimate of drug-likeness (QED) is 0.291. The van der Waals surface area contributed by atoms with Gasteiger partial charge in [-0.15, -0.1) is 0 Å². The van der Waals surface area contributed by atoms with Crippen LogP contribution in [0.5, 0.6) is 11.5 Å². The zero-order valence-corrected chi connectivity index (χ0v) is 20.3. The lowest BCUT2D eigenvalue weighted by atomic mass is 9.96. The summed E-state index contributed by atoms with van der Waals surface area (Å²) >= 11 is 0. The van der Waals surface area contributed by atoms with Gasteiger partial charge in [0.2, 0.25) is 0 Å². The smallest absolute Gasteiger partial charge is 0.127 e. The number of hydrogen-bond donors (Lipinski definition) is 0. The Hall–Kier alpha value is -3.31. The third-order valence-electron chi connectivity index (χ3n) is 5.44. The van der Waals surface area contributed by atoms with Gasteiger partial charge in [-0.2, -0.15) is 0 Å². The third kappa shape index (κ3) is 5.20. The van der Waals surface area contributed by atoms with Crippen LogP contribution in [0.2, 0.25) is 0 Å². The molecule has 0 aliphatic heterocycles. The third-order valence-corrected chi connectivity index (χ3v) is 7.26. The molecule has 0 amide bonds. The Labute approximate surface area is 199 Å². The van der Waals surface area contributed by atoms with Gasteiger partial charge in [-0.1, -0.05) is 73.6 Å². The molecule has 3 aromatic carbocycles. The van der Waals surface area contributed by atoms with Crippen LogP contribution < -0.4 is 14.7 Å². The van der Waals surface area contributed by atoms with Crippen LogP contribution in [0.15, 0.2) is 97.6 Å². The van der Waals surface area contributed by atoms with Crippen molar-refractivity contribution in [1.82, 2.24) is 9.55 Å². The first-order chi connectivity index (χ1) is 16.3. The minimum atomic E-state index is -0.491. The molecule has 0 N–H and O–H groups in total. The van der Waals surface area contributed by atoms with Crippen LogP contribution in [0.1, 0.15) is 37.8 Å². The van der Waals surface area contributed by atoms with Gasteiger partial charge in [-0.25, -0.2) is 4.98 Å². The molecule has 4 rings (SSSR count). The van der Waals surface area contributed by atoms with Crippen LogP contribution in [0.3, 0.4) is 0 Å². The standard InChI is InChI=1S/C28H30N2O2Si/c1-3-18-31-25-12-8-10-23(20-25)28(30-17-16-29-22-30,33-27-14-6-5-7-15-27)24-11-9-13-26(21-24)32-19-4-2/h5-17,20-22H,3-4,18-19H2,1-2H3. The molecular weight excluding hydrogens is 424 g/mol. The van der Waals surface area contributed by atoms with Gasteiger partial charge in [0, 0.05) is 12.4 Å². The summed E-state index contributed by atoms with van der Waals surface area (Å²) in [5.41, 5.74) is 2.31. The van der Waals surface area contributed by atoms with Gasteiger partial charge >= 0.3 is 0 Å². The van der Waals surface area contributed by atoms with Crippen molar-refractivity contribution in [3.63, 3.8) is 0 Å². The fourth-order valence-electron chi connectivity index (χ4n) is 3.92. The summed E-state index contributed by atoms with van der Waals surface area (Å²) in [6.07, 6.45) is 7.75. The topological polar surface area (TPSA) is 36.3 Å². The SMILES string of the molecule is CCCOc1cccc(C([Si]c2ccccc2)(c2cccc(OCCC)c2)n2ccnc2)c1. The van der Waals surface area contributed by atoms with Gasteiger partial charge in [0.25, 0.3) is 0 Å². The maximum Gasteiger partial charge on any atom is 0.127 e. The minimum Gasteiger partial charge on any atom is -0.494 e. The Balaban J connectivity index is 1.92. The summed E-state index contributed by atoms with van der Waals surface area (Å²) in [5.74, 6) is 1.77. The molecule has 0 spiro atoms. The lowest BCUT2D eigenvalue weighted by Gasteiger charge is -2.37. The number of hydrogen-bond acceptors (Lipinski definition) is 3. The second-order valence-corrected chi connectivity index (χ2v) is 9.47. The molecule has 0 aliphatic rings. The first-order valence-corrected chi connectivity index (χ1v) is 12.5. The highest BCUT2D eigenvalue weighted by atomic mass is 28.2. The molecule has 168 valence electrons. The largest absolute Gasteiger partial charge is 0.494 e. The predicted molar refractivity (Wildman–Crippen MR) is 135 cm³/mol. The number of rotatable bonds is 11. The Morgan fingerprint density at radius 1 is 0.788 bits per heavy atom. The zero-order valence-electron chi connectivity index (χ0n) is 19.3. The maximum absolute atomic E-state index is 6.02. The summed E-state index contributed by atoms with van der Waals surface area (Å²) in [4.78, 5) is 4.43. The summed E-state index contributed by atoms with van der Waals surface area (Å²) in [5, 5.41) is 0.778. The highest BCUT2D eigenvalue weighted by molar-refractivity contribution is 6.57. The molecule has 0 bridgehead atoms. The highest BCUT2D eigenvalue weighted by Crippen LogP contribution is 2.36. The molecule has 0 fully saturated rings. The van der Waals surface area contributed by atoms with E-state index in [-0.39, 0.29) is 0 Å². The number of benzene rings is 3. The molecule has 33 heavy (non-hydrogen) atoms. The van der Waals surface area contributed by atoms with E-state index in [1.807, 2.05) is 24.7 Å². The van der Waals surface area contributed by atoms with Crippen LogP contribution >= 0.6 is 0 Å². The fraction of sp³-hybridized carbons (Fsp3) is 0.250. The Bertz CT molecular complexity index is 1080. The normalized spacial score (nSPS) is 11.3. The van der Waals surface area contributed by atoms with Crippen LogP contribution in [0.4, 0.5) is 0 Å². The van der Waals surface area contributed by atoms with Crippen molar-refractivity contribution in [2.75, 3.05) is 13.2 Å². The van der Waals surface area contributed by atoms with Gasteiger partial charge in [-0.05, 0) is 48.2 Å². The molecule has 0 atom stereocenters. The van der Waals surface area contributed by atoms with Crippen molar-refractivity contribution < 1.29 is 9.47 Å². The van der Waals surface area contributed by atoms with Crippen molar-refractivity contribution in [3.8, 4) is 11.5 Å². The molecule has 4 aromatic rings. The molecule has 0 saturated carbocycles. The molecular formula is C28H30N2O2Si. The van der Waals surface area contributed by atoms with Crippen molar-refractivity contribution in [2.45, 2.75) is 31.9 Å². The lowest BCUT2D eigenvalue weighted by molar-refractivity contribution is 0.316. The molecule has 4 nitrogen and oxygen atoms in total. The van der Waals surface area contributed by atoms with Crippen molar-refractivity contribution in [3.05, 3.63) is 109 Å². The van der Waals surface area contributed by atoms with E-state index in [1.54, 1.807) is 0 Å². The zero-order chi connectivity index (χ0) is 22.9. The number of imidazole rings is 1. The second kappa shape index (κ2) is 11.0. The van der Waals surface area contributed by atoms with Crippen LogP contribution in [0.25, 0.3) is 0 Å². The first-order valence-electron chi connectivity index (χ1n) is 11.5. The summed E-state index contributed by atoms with van der Waals surface area (Å²) in [6.45, 7) is 5.64. The first kappa shape index (κ1) is 22.9. The van der Waals surface area contributed by atoms with E-state index in [4.69, 9.17) is 9.47 Å². The molecule has 0 saturated heterocycles. The monoisotopic (exact) mass is 454 g/mol. The summed E-state index contributed by atoms with van der Waals surface area (Å²) in [6, 6.07) is 27.6. The van der Waals surface area contributed by atoms with Gasteiger partial charge in [-0.3, -0.25) is 0 Å². The molecule has 1 aromatic heterocycles. The lowest BCUT2D eigenvalue weighted by Crippen LogP contribution is -2.46. The van der Waals surface area contributed by atoms with Crippen molar-refractivity contribution >= 4 is 14.7 Å². The van der Waals surface area contributed by atoms with E-state index in [1.165, 1.54) is 5.19 Å². The molecule has 2 radical (unpaired) electrons. The Kier molecular flexibility index (Phi) is 7.63. The summed E-state index contributed by atoms with van der Waals surface area (Å²) < 4.78 is 14.3. The average Bonchev–Trinajstić information content (AvgIpc) is 3.41. The van der Waals surface area contributed by atoms with E-state index in [9.17, 15) is 0 Å². The molecule has 0 unspecified atom stereocenters.